The van der Waals surface area contributed by atoms with Crippen molar-refractivity contribution in [3.05, 3.63) is 86.9 Å². The van der Waals surface area contributed by atoms with E-state index in [1.165, 1.54) is 22.5 Å². The van der Waals surface area contributed by atoms with Gasteiger partial charge in [0, 0.05) is 25.6 Å². The molecule has 0 aliphatic heterocycles. The summed E-state index contributed by atoms with van der Waals surface area (Å²) in [6, 6.07) is 19.0. The Morgan fingerprint density at radius 2 is 1.72 bits per heavy atom. The standard InChI is InChI=1S/C24H29N3OS/c1-17(2)27(4)16-21-13-9-8-12-20(21)15-25-24(28)23-18(3)26-22(29-23)14-19-10-6-5-7-11-19/h5-13,17H,14-16H2,1-4H3,(H,25,28). The first-order valence-electron chi connectivity index (χ1n) is 9.99. The largest absolute Gasteiger partial charge is 0.347 e. The fourth-order valence-electron chi connectivity index (χ4n) is 3.10. The van der Waals surface area contributed by atoms with Crippen molar-refractivity contribution in [2.24, 2.45) is 0 Å². The van der Waals surface area contributed by atoms with Crippen molar-refractivity contribution >= 4 is 17.2 Å². The molecule has 0 radical (unpaired) electrons. The lowest BCUT2D eigenvalue weighted by molar-refractivity contribution is 0.0954. The highest BCUT2D eigenvalue weighted by Gasteiger charge is 2.16. The maximum atomic E-state index is 12.8. The van der Waals surface area contributed by atoms with Crippen LogP contribution in [0.4, 0.5) is 0 Å². The van der Waals surface area contributed by atoms with Crippen LogP contribution in [0.5, 0.6) is 0 Å². The summed E-state index contributed by atoms with van der Waals surface area (Å²) < 4.78 is 0. The zero-order valence-electron chi connectivity index (χ0n) is 17.6. The molecule has 1 heterocycles. The molecular formula is C24H29N3OS. The van der Waals surface area contributed by atoms with Gasteiger partial charge >= 0.3 is 0 Å². The molecule has 0 unspecified atom stereocenters. The average Bonchev–Trinajstić information content (AvgIpc) is 3.07. The second kappa shape index (κ2) is 9.81. The summed E-state index contributed by atoms with van der Waals surface area (Å²) in [7, 11) is 2.12. The van der Waals surface area contributed by atoms with Gasteiger partial charge in [0.05, 0.1) is 10.7 Å². The topological polar surface area (TPSA) is 45.2 Å². The molecule has 0 saturated carbocycles. The Kier molecular flexibility index (Phi) is 7.18. The molecule has 2 aromatic carbocycles. The van der Waals surface area contributed by atoms with E-state index in [1.807, 2.05) is 31.2 Å². The van der Waals surface area contributed by atoms with Gasteiger partial charge in [0.25, 0.3) is 5.91 Å². The van der Waals surface area contributed by atoms with Crippen molar-refractivity contribution in [1.82, 2.24) is 15.2 Å². The summed E-state index contributed by atoms with van der Waals surface area (Å²) in [5, 5.41) is 4.06. The van der Waals surface area contributed by atoms with Crippen molar-refractivity contribution in [3.8, 4) is 0 Å². The molecule has 1 N–H and O–H groups in total. The van der Waals surface area contributed by atoms with Crippen LogP contribution in [0.3, 0.4) is 0 Å². The van der Waals surface area contributed by atoms with Crippen LogP contribution in [0.2, 0.25) is 0 Å². The fourth-order valence-corrected chi connectivity index (χ4v) is 4.12. The molecule has 0 saturated heterocycles. The van der Waals surface area contributed by atoms with Crippen molar-refractivity contribution in [1.29, 1.82) is 0 Å². The molecule has 0 spiro atoms. The summed E-state index contributed by atoms with van der Waals surface area (Å²) >= 11 is 1.48. The molecule has 0 aliphatic rings. The minimum Gasteiger partial charge on any atom is -0.347 e. The number of nitrogens with one attached hydrogen (secondary N) is 1. The molecule has 3 rings (SSSR count). The van der Waals surface area contributed by atoms with Gasteiger partial charge in [-0.25, -0.2) is 4.98 Å². The zero-order valence-corrected chi connectivity index (χ0v) is 18.4. The second-order valence-electron chi connectivity index (χ2n) is 7.64. The predicted octanol–water partition coefficient (Wildman–Crippen LogP) is 4.81. The van der Waals surface area contributed by atoms with Crippen molar-refractivity contribution in [3.63, 3.8) is 0 Å². The van der Waals surface area contributed by atoms with Gasteiger partial charge in [-0.15, -0.1) is 11.3 Å². The van der Waals surface area contributed by atoms with E-state index < -0.39 is 0 Å². The van der Waals surface area contributed by atoms with Crippen LogP contribution in [0.25, 0.3) is 0 Å². The Hall–Kier alpha value is -2.50. The Balaban J connectivity index is 1.66. The summed E-state index contributed by atoms with van der Waals surface area (Å²) in [6.07, 6.45) is 0.754. The van der Waals surface area contributed by atoms with E-state index in [4.69, 9.17) is 0 Å². The van der Waals surface area contributed by atoms with Crippen LogP contribution in [0.15, 0.2) is 54.6 Å². The van der Waals surface area contributed by atoms with Gasteiger partial charge in [0.15, 0.2) is 0 Å². The third kappa shape index (κ3) is 5.75. The first kappa shape index (κ1) is 21.2. The van der Waals surface area contributed by atoms with E-state index in [0.29, 0.717) is 17.5 Å². The lowest BCUT2D eigenvalue weighted by Crippen LogP contribution is -2.27. The predicted molar refractivity (Wildman–Crippen MR) is 120 cm³/mol. The number of hydrogen-bond donors (Lipinski definition) is 1. The number of thiazole rings is 1. The van der Waals surface area contributed by atoms with Crippen molar-refractivity contribution < 1.29 is 4.79 Å². The van der Waals surface area contributed by atoms with Gasteiger partial charge in [0.1, 0.15) is 4.88 Å². The second-order valence-corrected chi connectivity index (χ2v) is 8.73. The molecule has 0 atom stereocenters. The first-order chi connectivity index (χ1) is 13.9. The highest BCUT2D eigenvalue weighted by Crippen LogP contribution is 2.21. The van der Waals surface area contributed by atoms with E-state index in [1.54, 1.807) is 0 Å². The average molecular weight is 408 g/mol. The molecule has 1 amide bonds. The smallest absolute Gasteiger partial charge is 0.263 e. The number of aryl methyl sites for hydroxylation is 1. The third-order valence-corrected chi connectivity index (χ3v) is 6.26. The SMILES string of the molecule is Cc1nc(Cc2ccccc2)sc1C(=O)NCc1ccccc1CN(C)C(C)C. The summed E-state index contributed by atoms with van der Waals surface area (Å²) in [4.78, 5) is 20.4. The van der Waals surface area contributed by atoms with E-state index >= 15 is 0 Å². The molecule has 152 valence electrons. The molecule has 0 fully saturated rings. The Morgan fingerprint density at radius 1 is 1.07 bits per heavy atom. The molecule has 1 aromatic heterocycles. The van der Waals surface area contributed by atoms with Crippen molar-refractivity contribution in [2.45, 2.75) is 46.3 Å². The van der Waals surface area contributed by atoms with E-state index in [2.05, 4.69) is 66.4 Å². The minimum absolute atomic E-state index is 0.0497. The molecule has 0 bridgehead atoms. The van der Waals surface area contributed by atoms with Crippen LogP contribution in [0.1, 0.15) is 50.9 Å². The number of carbonyl (C=O) groups is 1. The van der Waals surface area contributed by atoms with Gasteiger partial charge in [-0.05, 0) is 44.5 Å². The molecule has 4 nitrogen and oxygen atoms in total. The molecular weight excluding hydrogens is 378 g/mol. The quantitative estimate of drug-likeness (QED) is 0.583. The monoisotopic (exact) mass is 407 g/mol. The summed E-state index contributed by atoms with van der Waals surface area (Å²) in [5.41, 5.74) is 4.40. The highest BCUT2D eigenvalue weighted by atomic mass is 32.1. The fraction of sp³-hybridized carbons (Fsp3) is 0.333. The maximum Gasteiger partial charge on any atom is 0.263 e. The van der Waals surface area contributed by atoms with Gasteiger partial charge in [-0.1, -0.05) is 54.6 Å². The number of aromatic nitrogens is 1. The number of nitrogens with zero attached hydrogens (tertiary/aromatic N) is 2. The minimum atomic E-state index is -0.0497. The van der Waals surface area contributed by atoms with E-state index in [-0.39, 0.29) is 5.91 Å². The Labute approximate surface area is 177 Å². The molecule has 3 aromatic rings. The van der Waals surface area contributed by atoms with Gasteiger partial charge < -0.3 is 5.32 Å². The Morgan fingerprint density at radius 3 is 2.41 bits per heavy atom. The number of rotatable bonds is 8. The third-order valence-electron chi connectivity index (χ3n) is 5.10. The normalized spacial score (nSPS) is 11.2. The number of carbonyl (C=O) groups excluding carboxylic acids is 1. The van der Waals surface area contributed by atoms with E-state index in [0.717, 1.165) is 29.2 Å². The lowest BCUT2D eigenvalue weighted by atomic mass is 10.1. The van der Waals surface area contributed by atoms with Gasteiger partial charge in [0.2, 0.25) is 0 Å². The van der Waals surface area contributed by atoms with Crippen LogP contribution in [-0.4, -0.2) is 28.9 Å². The Bertz CT molecular complexity index is 950. The molecule has 0 aliphatic carbocycles. The lowest BCUT2D eigenvalue weighted by Gasteiger charge is -2.22. The molecule has 29 heavy (non-hydrogen) atoms. The first-order valence-corrected chi connectivity index (χ1v) is 10.8. The highest BCUT2D eigenvalue weighted by molar-refractivity contribution is 7.13. The number of benzene rings is 2. The zero-order chi connectivity index (χ0) is 20.8. The van der Waals surface area contributed by atoms with Crippen LogP contribution >= 0.6 is 11.3 Å². The van der Waals surface area contributed by atoms with Crippen LogP contribution in [-0.2, 0) is 19.5 Å². The van der Waals surface area contributed by atoms with E-state index in [9.17, 15) is 4.79 Å². The van der Waals surface area contributed by atoms with Crippen LogP contribution < -0.4 is 5.32 Å². The summed E-state index contributed by atoms with van der Waals surface area (Å²) in [6.45, 7) is 7.66. The maximum absolute atomic E-state index is 12.8. The summed E-state index contributed by atoms with van der Waals surface area (Å²) in [5.74, 6) is -0.0497. The molecule has 5 heteroatoms. The van der Waals surface area contributed by atoms with Gasteiger partial charge in [-0.2, -0.15) is 0 Å². The van der Waals surface area contributed by atoms with Gasteiger partial charge in [-0.3, -0.25) is 9.69 Å². The van der Waals surface area contributed by atoms with Crippen LogP contribution in [0, 0.1) is 6.92 Å². The van der Waals surface area contributed by atoms with Crippen molar-refractivity contribution in [2.75, 3.05) is 7.05 Å². The number of amides is 1. The number of hydrogen-bond acceptors (Lipinski definition) is 4.